The van der Waals surface area contributed by atoms with Crippen LogP contribution in [0, 0.1) is 0 Å². The fraction of sp³-hybridized carbons (Fsp3) is 0. The van der Waals surface area contributed by atoms with Crippen molar-refractivity contribution in [2.75, 3.05) is 0 Å². The van der Waals surface area contributed by atoms with E-state index in [1.54, 1.807) is 12.1 Å². The van der Waals surface area contributed by atoms with Crippen molar-refractivity contribution < 1.29 is 22.9 Å². The Morgan fingerprint density at radius 2 is 1.80 bits per heavy atom. The van der Waals surface area contributed by atoms with Gasteiger partial charge >= 0.3 is 29.6 Å². The van der Waals surface area contributed by atoms with Crippen LogP contribution in [-0.4, -0.2) is 53.4 Å². The minimum atomic E-state index is -4.68. The number of benzene rings is 2. The van der Waals surface area contributed by atoms with Gasteiger partial charge in [0.15, 0.2) is 5.78 Å². The molecule has 25 heavy (non-hydrogen) atoms. The Hall–Kier alpha value is -2.13. The number of aromatic hydroxyl groups is 1. The first kappa shape index (κ1) is 20.9. The van der Waals surface area contributed by atoms with Crippen molar-refractivity contribution in [3.63, 3.8) is 0 Å². The van der Waals surface area contributed by atoms with Crippen molar-refractivity contribution in [1.29, 1.82) is 0 Å². The van der Waals surface area contributed by atoms with Gasteiger partial charge in [0.05, 0.1) is 0 Å². The second-order valence-electron chi connectivity index (χ2n) is 4.63. The summed E-state index contributed by atoms with van der Waals surface area (Å²) in [6.45, 7) is 0. The zero-order chi connectivity index (χ0) is 17.7. The number of rotatable bonds is 5. The summed E-state index contributed by atoms with van der Waals surface area (Å²) in [7, 11) is -4.68. The van der Waals surface area contributed by atoms with E-state index in [4.69, 9.17) is 5.53 Å². The standard InChI is InChI=1S/C15H11N3O5S.Na.H/c16-18-17-11-4-7-13(15(9-11)24(21,22)23)14(20)8-3-10-1-5-12(19)6-2-10;;/h1-9,19H,(H,21,22,23);;/b8-3+;;. The van der Waals surface area contributed by atoms with Crippen molar-refractivity contribution in [3.05, 3.63) is 70.1 Å². The second-order valence-corrected chi connectivity index (χ2v) is 6.02. The van der Waals surface area contributed by atoms with Gasteiger partial charge in [-0.15, -0.1) is 0 Å². The predicted octanol–water partition coefficient (Wildman–Crippen LogP) is 2.83. The van der Waals surface area contributed by atoms with Crippen LogP contribution in [0.15, 0.2) is 58.6 Å². The Balaban J connectivity index is 0.00000312. The minimum absolute atomic E-state index is 0. The number of carbonyl (C=O) groups excluding carboxylic acids is 1. The number of carbonyl (C=O) groups is 1. The van der Waals surface area contributed by atoms with Crippen LogP contribution in [0.1, 0.15) is 15.9 Å². The summed E-state index contributed by atoms with van der Waals surface area (Å²) >= 11 is 0. The number of ketones is 1. The van der Waals surface area contributed by atoms with Crippen LogP contribution < -0.4 is 0 Å². The predicted molar refractivity (Wildman–Crippen MR) is 93.7 cm³/mol. The number of azide groups is 1. The van der Waals surface area contributed by atoms with Crippen LogP contribution >= 0.6 is 0 Å². The van der Waals surface area contributed by atoms with E-state index < -0.39 is 20.8 Å². The summed E-state index contributed by atoms with van der Waals surface area (Å²) in [6.07, 6.45) is 2.56. The molecule has 0 atom stereocenters. The molecule has 0 aromatic heterocycles. The number of allylic oxidation sites excluding steroid dienone is 1. The van der Waals surface area contributed by atoms with Crippen molar-refractivity contribution in [1.82, 2.24) is 0 Å². The molecular formula is C15H12N3NaO5S. The molecule has 2 aromatic carbocycles. The van der Waals surface area contributed by atoms with Gasteiger partial charge in [-0.3, -0.25) is 9.35 Å². The van der Waals surface area contributed by atoms with E-state index in [1.807, 2.05) is 0 Å². The quantitative estimate of drug-likeness (QED) is 0.159. The molecule has 0 radical (unpaired) electrons. The molecule has 2 N–H and O–H groups in total. The van der Waals surface area contributed by atoms with Crippen LogP contribution in [0.4, 0.5) is 5.69 Å². The van der Waals surface area contributed by atoms with E-state index in [0.717, 1.165) is 18.2 Å². The van der Waals surface area contributed by atoms with Crippen LogP contribution in [-0.2, 0) is 10.1 Å². The second kappa shape index (κ2) is 8.82. The molecule has 2 rings (SSSR count). The maximum atomic E-state index is 12.2. The fourth-order valence-corrected chi connectivity index (χ4v) is 2.61. The third-order valence-corrected chi connectivity index (χ3v) is 3.88. The molecule has 0 amide bonds. The van der Waals surface area contributed by atoms with Gasteiger partial charge in [0, 0.05) is 16.2 Å². The first-order valence-electron chi connectivity index (χ1n) is 6.49. The number of nitrogens with zero attached hydrogens (tertiary/aromatic N) is 3. The normalized spacial score (nSPS) is 10.8. The molecule has 0 saturated heterocycles. The van der Waals surface area contributed by atoms with Crippen molar-refractivity contribution in [2.45, 2.75) is 4.90 Å². The van der Waals surface area contributed by atoms with Crippen LogP contribution in [0.2, 0.25) is 0 Å². The molecule has 0 bridgehead atoms. The van der Waals surface area contributed by atoms with Crippen molar-refractivity contribution in [2.24, 2.45) is 5.11 Å². The summed E-state index contributed by atoms with van der Waals surface area (Å²) < 4.78 is 32.1. The Morgan fingerprint density at radius 3 is 2.36 bits per heavy atom. The van der Waals surface area contributed by atoms with E-state index in [1.165, 1.54) is 24.3 Å². The molecule has 8 nitrogen and oxygen atoms in total. The summed E-state index contributed by atoms with van der Waals surface area (Å²) in [5, 5.41) is 12.4. The third-order valence-electron chi connectivity index (χ3n) is 2.99. The van der Waals surface area contributed by atoms with E-state index in [2.05, 4.69) is 10.0 Å². The number of phenolic OH excluding ortho intramolecular Hbond substituents is 1. The monoisotopic (exact) mass is 369 g/mol. The van der Waals surface area contributed by atoms with Crippen molar-refractivity contribution >= 4 is 57.2 Å². The summed E-state index contributed by atoms with van der Waals surface area (Å²) in [5.74, 6) is -0.594. The molecule has 0 fully saturated rings. The number of hydrogen-bond acceptors (Lipinski definition) is 5. The zero-order valence-electron chi connectivity index (χ0n) is 12.1. The van der Waals surface area contributed by atoms with Gasteiger partial charge < -0.3 is 5.11 Å². The Bertz CT molecular complexity index is 965. The van der Waals surface area contributed by atoms with Gasteiger partial charge in [0.1, 0.15) is 10.6 Å². The molecule has 0 spiro atoms. The Labute approximate surface area is 165 Å². The van der Waals surface area contributed by atoms with Gasteiger partial charge in [-0.1, -0.05) is 29.4 Å². The van der Waals surface area contributed by atoms with E-state index >= 15 is 0 Å². The average molecular weight is 369 g/mol. The van der Waals surface area contributed by atoms with Crippen LogP contribution in [0.25, 0.3) is 16.5 Å². The molecule has 0 aliphatic carbocycles. The molecule has 0 saturated carbocycles. The summed E-state index contributed by atoms with van der Waals surface area (Å²) in [6, 6.07) is 9.31. The summed E-state index contributed by atoms with van der Waals surface area (Å²) in [5.41, 5.74) is 8.67. The number of hydrogen-bond donors (Lipinski definition) is 2. The van der Waals surface area contributed by atoms with Gasteiger partial charge in [0.2, 0.25) is 0 Å². The SMILES string of the molecule is [N-]=[N+]=Nc1ccc(C(=O)/C=C/c2ccc(O)cc2)c(S(=O)(=O)O)c1.[NaH]. The van der Waals surface area contributed by atoms with Gasteiger partial charge in [0.25, 0.3) is 10.1 Å². The van der Waals surface area contributed by atoms with E-state index in [0.29, 0.717) is 5.56 Å². The molecule has 2 aromatic rings. The third kappa shape index (κ3) is 5.71. The first-order valence-corrected chi connectivity index (χ1v) is 7.93. The van der Waals surface area contributed by atoms with Gasteiger partial charge in [-0.05, 0) is 41.4 Å². The van der Waals surface area contributed by atoms with E-state index in [-0.39, 0.29) is 46.6 Å². The van der Waals surface area contributed by atoms with E-state index in [9.17, 15) is 22.9 Å². The molecule has 0 aliphatic rings. The summed E-state index contributed by atoms with van der Waals surface area (Å²) in [4.78, 5) is 14.1. The molecule has 0 aliphatic heterocycles. The maximum absolute atomic E-state index is 12.2. The van der Waals surface area contributed by atoms with Crippen molar-refractivity contribution in [3.8, 4) is 5.75 Å². The van der Waals surface area contributed by atoms with Crippen LogP contribution in [0.5, 0.6) is 5.75 Å². The molecule has 0 unspecified atom stereocenters. The Morgan fingerprint density at radius 1 is 1.16 bits per heavy atom. The fourth-order valence-electron chi connectivity index (χ4n) is 1.89. The van der Waals surface area contributed by atoms with Crippen LogP contribution in [0.3, 0.4) is 0 Å². The molecular weight excluding hydrogens is 357 g/mol. The van der Waals surface area contributed by atoms with Gasteiger partial charge in [-0.2, -0.15) is 8.42 Å². The molecule has 124 valence electrons. The van der Waals surface area contributed by atoms with Gasteiger partial charge in [-0.25, -0.2) is 0 Å². The number of phenols is 1. The average Bonchev–Trinajstić information content (AvgIpc) is 2.53. The Kier molecular flexibility index (Phi) is 7.38. The topological polar surface area (TPSA) is 140 Å². The molecule has 10 heteroatoms. The molecule has 0 heterocycles. The first-order chi connectivity index (χ1) is 11.3. The zero-order valence-corrected chi connectivity index (χ0v) is 12.9.